The summed E-state index contributed by atoms with van der Waals surface area (Å²) >= 11 is 6.09. The lowest BCUT2D eigenvalue weighted by molar-refractivity contribution is -0.137. The van der Waals surface area contributed by atoms with Gasteiger partial charge in [0, 0.05) is 16.3 Å². The molecule has 1 atom stereocenters. The second-order valence-corrected chi connectivity index (χ2v) is 7.34. The number of primary amides is 1. The molecule has 1 amide bonds. The van der Waals surface area contributed by atoms with Gasteiger partial charge in [-0.1, -0.05) is 17.7 Å². The Bertz CT molecular complexity index is 1090. The van der Waals surface area contributed by atoms with Gasteiger partial charge in [-0.25, -0.2) is 9.07 Å². The molecule has 4 nitrogen and oxygen atoms in total. The molecule has 0 radical (unpaired) electrons. The van der Waals surface area contributed by atoms with E-state index in [1.54, 1.807) is 13.8 Å². The molecule has 0 aliphatic rings. The number of aromatic nitrogens is 2. The van der Waals surface area contributed by atoms with Crippen LogP contribution in [-0.2, 0) is 17.4 Å². The van der Waals surface area contributed by atoms with Crippen molar-refractivity contribution in [1.29, 1.82) is 0 Å². The molecule has 0 fully saturated rings. The average molecular weight is 440 g/mol. The van der Waals surface area contributed by atoms with E-state index in [0.717, 1.165) is 18.2 Å². The number of halogens is 5. The van der Waals surface area contributed by atoms with E-state index in [0.29, 0.717) is 28.2 Å². The van der Waals surface area contributed by atoms with Crippen molar-refractivity contribution >= 4 is 17.5 Å². The summed E-state index contributed by atoms with van der Waals surface area (Å²) in [5.74, 6) is -1.91. The maximum atomic E-state index is 13.3. The minimum atomic E-state index is -4.44. The van der Waals surface area contributed by atoms with E-state index in [1.807, 2.05) is 0 Å². The standard InChI is InChI=1S/C21H18ClF4N3O/c1-11-19(17(20(27)30)9-13-3-6-15(23)10-18(13)22)12(2)29(28-11)16-7-4-14(5-8-16)21(24,25)26/h3-8,10,17H,9H2,1-2H3,(H2,27,30). The van der Waals surface area contributed by atoms with E-state index >= 15 is 0 Å². The van der Waals surface area contributed by atoms with Crippen LogP contribution in [0.15, 0.2) is 42.5 Å². The molecule has 1 heterocycles. The van der Waals surface area contributed by atoms with Crippen molar-refractivity contribution in [3.05, 3.63) is 81.4 Å². The number of rotatable bonds is 5. The highest BCUT2D eigenvalue weighted by Gasteiger charge is 2.31. The highest BCUT2D eigenvalue weighted by molar-refractivity contribution is 6.31. The third kappa shape index (κ3) is 4.33. The zero-order valence-corrected chi connectivity index (χ0v) is 16.9. The molecule has 3 rings (SSSR count). The van der Waals surface area contributed by atoms with Gasteiger partial charge in [0.25, 0.3) is 0 Å². The Morgan fingerprint density at radius 1 is 1.17 bits per heavy atom. The van der Waals surface area contributed by atoms with E-state index in [-0.39, 0.29) is 11.4 Å². The number of aryl methyl sites for hydroxylation is 1. The van der Waals surface area contributed by atoms with Crippen LogP contribution in [0.5, 0.6) is 0 Å². The maximum Gasteiger partial charge on any atom is 0.416 e. The molecule has 2 aromatic carbocycles. The minimum Gasteiger partial charge on any atom is -0.369 e. The summed E-state index contributed by atoms with van der Waals surface area (Å²) in [6.07, 6.45) is -4.31. The van der Waals surface area contributed by atoms with Crippen LogP contribution in [-0.4, -0.2) is 15.7 Å². The Kier molecular flexibility index (Phi) is 5.90. The highest BCUT2D eigenvalue weighted by Crippen LogP contribution is 2.32. The smallest absolute Gasteiger partial charge is 0.369 e. The molecule has 2 N–H and O–H groups in total. The van der Waals surface area contributed by atoms with Crippen LogP contribution in [0, 0.1) is 19.7 Å². The molecule has 9 heteroatoms. The van der Waals surface area contributed by atoms with Gasteiger partial charge in [-0.05, 0) is 62.2 Å². The van der Waals surface area contributed by atoms with E-state index < -0.39 is 29.4 Å². The summed E-state index contributed by atoms with van der Waals surface area (Å²) in [6.45, 7) is 3.39. The molecule has 1 aromatic heterocycles. The van der Waals surface area contributed by atoms with Crippen LogP contribution in [0.4, 0.5) is 17.6 Å². The molecular formula is C21H18ClF4N3O. The third-order valence-electron chi connectivity index (χ3n) is 4.92. The van der Waals surface area contributed by atoms with Crippen LogP contribution in [0.25, 0.3) is 5.69 Å². The number of benzene rings is 2. The molecule has 0 spiro atoms. The predicted molar refractivity (Wildman–Crippen MR) is 105 cm³/mol. The molecule has 0 saturated heterocycles. The number of amides is 1. The lowest BCUT2D eigenvalue weighted by Gasteiger charge is -2.16. The first kappa shape index (κ1) is 21.8. The van der Waals surface area contributed by atoms with E-state index in [4.69, 9.17) is 17.3 Å². The molecule has 3 aromatic rings. The summed E-state index contributed by atoms with van der Waals surface area (Å²) in [5.41, 5.74) is 7.45. The van der Waals surface area contributed by atoms with E-state index in [9.17, 15) is 22.4 Å². The van der Waals surface area contributed by atoms with Crippen molar-refractivity contribution in [2.75, 3.05) is 0 Å². The Labute approximate surface area is 175 Å². The number of carbonyl (C=O) groups is 1. The molecule has 0 saturated carbocycles. The van der Waals surface area contributed by atoms with Crippen molar-refractivity contribution in [2.45, 2.75) is 32.4 Å². The van der Waals surface area contributed by atoms with Crippen LogP contribution >= 0.6 is 11.6 Å². The zero-order valence-electron chi connectivity index (χ0n) is 16.1. The normalized spacial score (nSPS) is 12.8. The van der Waals surface area contributed by atoms with Crippen LogP contribution in [0.1, 0.15) is 34.0 Å². The van der Waals surface area contributed by atoms with Gasteiger partial charge in [0.05, 0.1) is 22.9 Å². The van der Waals surface area contributed by atoms with Crippen molar-refractivity contribution in [3.63, 3.8) is 0 Å². The molecule has 0 aliphatic heterocycles. The van der Waals surface area contributed by atoms with Gasteiger partial charge >= 0.3 is 6.18 Å². The van der Waals surface area contributed by atoms with Crippen molar-refractivity contribution in [2.24, 2.45) is 5.73 Å². The van der Waals surface area contributed by atoms with Crippen LogP contribution in [0.2, 0.25) is 5.02 Å². The fourth-order valence-corrected chi connectivity index (χ4v) is 3.70. The van der Waals surface area contributed by atoms with Crippen molar-refractivity contribution < 1.29 is 22.4 Å². The Morgan fingerprint density at radius 3 is 2.33 bits per heavy atom. The quantitative estimate of drug-likeness (QED) is 0.561. The topological polar surface area (TPSA) is 60.9 Å². The second-order valence-electron chi connectivity index (χ2n) is 6.94. The largest absolute Gasteiger partial charge is 0.416 e. The summed E-state index contributed by atoms with van der Waals surface area (Å²) < 4.78 is 53.3. The Balaban J connectivity index is 2.01. The van der Waals surface area contributed by atoms with Crippen LogP contribution < -0.4 is 5.73 Å². The summed E-state index contributed by atoms with van der Waals surface area (Å²) in [5, 5.41) is 4.56. The molecule has 1 unspecified atom stereocenters. The number of nitrogens with two attached hydrogens (primary N) is 1. The lowest BCUT2D eigenvalue weighted by atomic mass is 9.90. The second kappa shape index (κ2) is 8.10. The molecule has 158 valence electrons. The number of hydrogen-bond acceptors (Lipinski definition) is 2. The van der Waals surface area contributed by atoms with Crippen molar-refractivity contribution in [1.82, 2.24) is 9.78 Å². The number of carbonyl (C=O) groups excluding carboxylic acids is 1. The summed E-state index contributed by atoms with van der Waals surface area (Å²) in [6, 6.07) is 8.43. The SMILES string of the molecule is Cc1nn(-c2ccc(C(F)(F)F)cc2)c(C)c1C(Cc1ccc(F)cc1Cl)C(N)=O. The van der Waals surface area contributed by atoms with E-state index in [2.05, 4.69) is 5.10 Å². The van der Waals surface area contributed by atoms with Gasteiger partial charge in [-0.3, -0.25) is 4.79 Å². The van der Waals surface area contributed by atoms with Gasteiger partial charge in [-0.2, -0.15) is 18.3 Å². The Morgan fingerprint density at radius 2 is 1.80 bits per heavy atom. The Hall–Kier alpha value is -2.87. The van der Waals surface area contributed by atoms with Gasteiger partial charge in [0.2, 0.25) is 5.91 Å². The molecule has 0 bridgehead atoms. The highest BCUT2D eigenvalue weighted by atomic mass is 35.5. The molecular weight excluding hydrogens is 422 g/mol. The van der Waals surface area contributed by atoms with Gasteiger partial charge in [0.15, 0.2) is 0 Å². The van der Waals surface area contributed by atoms with Crippen LogP contribution in [0.3, 0.4) is 0 Å². The summed E-state index contributed by atoms with van der Waals surface area (Å²) in [7, 11) is 0. The minimum absolute atomic E-state index is 0.134. The summed E-state index contributed by atoms with van der Waals surface area (Å²) in [4.78, 5) is 12.2. The zero-order chi connectivity index (χ0) is 22.2. The maximum absolute atomic E-state index is 13.3. The number of alkyl halides is 3. The number of nitrogens with zero attached hydrogens (tertiary/aromatic N) is 2. The third-order valence-corrected chi connectivity index (χ3v) is 5.27. The van der Waals surface area contributed by atoms with E-state index in [1.165, 1.54) is 28.9 Å². The van der Waals surface area contributed by atoms with Gasteiger partial charge in [-0.15, -0.1) is 0 Å². The monoisotopic (exact) mass is 439 g/mol. The first-order valence-corrected chi connectivity index (χ1v) is 9.34. The van der Waals surface area contributed by atoms with Gasteiger partial charge in [0.1, 0.15) is 5.82 Å². The lowest BCUT2D eigenvalue weighted by Crippen LogP contribution is -2.24. The molecule has 0 aliphatic carbocycles. The first-order valence-electron chi connectivity index (χ1n) is 8.96. The first-order chi connectivity index (χ1) is 14.0. The molecule has 30 heavy (non-hydrogen) atoms. The fraction of sp³-hybridized carbons (Fsp3) is 0.238. The average Bonchev–Trinajstić information content (AvgIpc) is 2.95. The number of hydrogen-bond donors (Lipinski definition) is 1. The fourth-order valence-electron chi connectivity index (χ4n) is 3.45. The van der Waals surface area contributed by atoms with Gasteiger partial charge < -0.3 is 5.73 Å². The van der Waals surface area contributed by atoms with Crippen molar-refractivity contribution in [3.8, 4) is 5.69 Å². The predicted octanol–water partition coefficient (Wildman–Crippen LogP) is 5.11.